The van der Waals surface area contributed by atoms with Crippen molar-refractivity contribution in [1.82, 2.24) is 4.90 Å². The number of halogens is 1. The van der Waals surface area contributed by atoms with Crippen LogP contribution in [-0.2, 0) is 4.79 Å². The molecule has 3 nitrogen and oxygen atoms in total. The summed E-state index contributed by atoms with van der Waals surface area (Å²) < 4.78 is 13.7. The van der Waals surface area contributed by atoms with Gasteiger partial charge in [-0.3, -0.25) is 9.69 Å². The summed E-state index contributed by atoms with van der Waals surface area (Å²) in [7, 11) is 0. The normalized spacial score (nSPS) is 18.7. The van der Waals surface area contributed by atoms with Gasteiger partial charge in [-0.15, -0.1) is 0 Å². The fourth-order valence-corrected chi connectivity index (χ4v) is 2.34. The second kappa shape index (κ2) is 4.84. The van der Waals surface area contributed by atoms with Gasteiger partial charge in [0, 0.05) is 24.7 Å². The lowest BCUT2D eigenvalue weighted by atomic mass is 9.93. The van der Waals surface area contributed by atoms with E-state index in [1.165, 1.54) is 6.07 Å². The monoisotopic (exact) mass is 237 g/mol. The maximum Gasteiger partial charge on any atom is 0.309 e. The Bertz CT molecular complexity index is 416. The van der Waals surface area contributed by atoms with Crippen LogP contribution in [0.25, 0.3) is 0 Å². The standard InChI is InChI=1S/C13H16FNO2/c1-2-12(10-5-3-4-6-11(10)14)15-7-9(8-15)13(16)17/h3-6,9,12H,2,7-8H2,1H3,(H,16,17). The number of carboxylic acids is 1. The molecular formula is C13H16FNO2. The molecule has 0 bridgehead atoms. The molecule has 1 aromatic rings. The number of nitrogens with zero attached hydrogens (tertiary/aromatic N) is 1. The molecule has 4 heteroatoms. The fraction of sp³-hybridized carbons (Fsp3) is 0.462. The van der Waals surface area contributed by atoms with E-state index in [1.807, 2.05) is 17.9 Å². The molecule has 1 fully saturated rings. The number of carbonyl (C=O) groups is 1. The highest BCUT2D eigenvalue weighted by Crippen LogP contribution is 2.32. The van der Waals surface area contributed by atoms with Crippen molar-refractivity contribution in [3.8, 4) is 0 Å². The molecule has 17 heavy (non-hydrogen) atoms. The molecule has 1 atom stereocenters. The van der Waals surface area contributed by atoms with Crippen molar-refractivity contribution in [3.05, 3.63) is 35.6 Å². The molecule has 0 radical (unpaired) electrons. The summed E-state index contributed by atoms with van der Waals surface area (Å²) in [6.45, 7) is 3.02. The largest absolute Gasteiger partial charge is 0.481 e. The Labute approximate surface area is 99.9 Å². The van der Waals surface area contributed by atoms with Crippen LogP contribution >= 0.6 is 0 Å². The Kier molecular flexibility index (Phi) is 3.43. The molecule has 1 aromatic carbocycles. The number of aliphatic carboxylic acids is 1. The second-order valence-electron chi connectivity index (χ2n) is 4.43. The molecule has 92 valence electrons. The van der Waals surface area contributed by atoms with Crippen molar-refractivity contribution in [2.75, 3.05) is 13.1 Å². The van der Waals surface area contributed by atoms with E-state index in [2.05, 4.69) is 0 Å². The highest BCUT2D eigenvalue weighted by atomic mass is 19.1. The van der Waals surface area contributed by atoms with Gasteiger partial charge >= 0.3 is 5.97 Å². The molecule has 1 N–H and O–H groups in total. The van der Waals surface area contributed by atoms with Crippen molar-refractivity contribution in [3.63, 3.8) is 0 Å². The highest BCUT2D eigenvalue weighted by molar-refractivity contribution is 5.71. The Hall–Kier alpha value is -1.42. The SMILES string of the molecule is CCC(c1ccccc1F)N1CC(C(=O)O)C1. The van der Waals surface area contributed by atoms with Gasteiger partial charge in [-0.2, -0.15) is 0 Å². The number of benzene rings is 1. The van der Waals surface area contributed by atoms with Crippen LogP contribution in [0.3, 0.4) is 0 Å². The van der Waals surface area contributed by atoms with Crippen LogP contribution in [0.5, 0.6) is 0 Å². The van der Waals surface area contributed by atoms with E-state index in [4.69, 9.17) is 5.11 Å². The maximum absolute atomic E-state index is 13.7. The molecule has 1 aliphatic heterocycles. The number of likely N-dealkylation sites (tertiary alicyclic amines) is 1. The number of hydrogen-bond acceptors (Lipinski definition) is 2. The van der Waals surface area contributed by atoms with Crippen molar-refractivity contribution in [1.29, 1.82) is 0 Å². The first-order chi connectivity index (χ1) is 8.13. The summed E-state index contributed by atoms with van der Waals surface area (Å²) in [4.78, 5) is 12.8. The first kappa shape index (κ1) is 12.0. The lowest BCUT2D eigenvalue weighted by molar-refractivity contribution is -0.148. The number of hydrogen-bond donors (Lipinski definition) is 1. The van der Waals surface area contributed by atoms with E-state index >= 15 is 0 Å². The summed E-state index contributed by atoms with van der Waals surface area (Å²) in [5.41, 5.74) is 0.666. The lowest BCUT2D eigenvalue weighted by Crippen LogP contribution is -2.51. The summed E-state index contributed by atoms with van der Waals surface area (Å²) in [5, 5.41) is 8.83. The highest BCUT2D eigenvalue weighted by Gasteiger charge is 2.37. The Morgan fingerprint density at radius 1 is 1.53 bits per heavy atom. The van der Waals surface area contributed by atoms with Gasteiger partial charge in [0.05, 0.1) is 5.92 Å². The van der Waals surface area contributed by atoms with Crippen LogP contribution in [0.1, 0.15) is 24.9 Å². The fourth-order valence-electron chi connectivity index (χ4n) is 2.34. The van der Waals surface area contributed by atoms with Gasteiger partial charge in [-0.1, -0.05) is 25.1 Å². The first-order valence-electron chi connectivity index (χ1n) is 5.84. The van der Waals surface area contributed by atoms with E-state index in [-0.39, 0.29) is 17.8 Å². The van der Waals surface area contributed by atoms with Crippen LogP contribution in [-0.4, -0.2) is 29.1 Å². The number of rotatable bonds is 4. The van der Waals surface area contributed by atoms with Crippen molar-refractivity contribution >= 4 is 5.97 Å². The summed E-state index contributed by atoms with van der Waals surface area (Å²) in [6.07, 6.45) is 0.785. The molecule has 1 heterocycles. The molecule has 0 aromatic heterocycles. The molecule has 0 spiro atoms. The molecule has 1 aliphatic rings. The smallest absolute Gasteiger partial charge is 0.309 e. The van der Waals surface area contributed by atoms with Gasteiger partial charge in [0.1, 0.15) is 5.82 Å². The van der Waals surface area contributed by atoms with Crippen LogP contribution in [0.2, 0.25) is 0 Å². The predicted octanol–water partition coefficient (Wildman–Crippen LogP) is 2.29. The maximum atomic E-state index is 13.7. The molecule has 2 rings (SSSR count). The average Bonchev–Trinajstić information content (AvgIpc) is 2.23. The van der Waals surface area contributed by atoms with Gasteiger partial charge in [-0.05, 0) is 12.5 Å². The van der Waals surface area contributed by atoms with Crippen LogP contribution in [0.15, 0.2) is 24.3 Å². The topological polar surface area (TPSA) is 40.5 Å². The predicted molar refractivity (Wildman–Crippen MR) is 62.1 cm³/mol. The number of carboxylic acid groups (broad SMARTS) is 1. The van der Waals surface area contributed by atoms with E-state index in [0.717, 1.165) is 6.42 Å². The summed E-state index contributed by atoms with van der Waals surface area (Å²) >= 11 is 0. The van der Waals surface area contributed by atoms with Crippen molar-refractivity contribution < 1.29 is 14.3 Å². The minimum atomic E-state index is -0.760. The molecular weight excluding hydrogens is 221 g/mol. The quantitative estimate of drug-likeness (QED) is 0.873. The molecule has 1 saturated heterocycles. The van der Waals surface area contributed by atoms with E-state index in [9.17, 15) is 9.18 Å². The van der Waals surface area contributed by atoms with Gasteiger partial charge in [0.15, 0.2) is 0 Å². The van der Waals surface area contributed by atoms with Gasteiger partial charge in [0.25, 0.3) is 0 Å². The Balaban J connectivity index is 2.09. The zero-order valence-electron chi connectivity index (χ0n) is 9.77. The zero-order valence-corrected chi connectivity index (χ0v) is 9.77. The third kappa shape index (κ3) is 2.31. The molecule has 1 unspecified atom stereocenters. The molecule has 0 saturated carbocycles. The van der Waals surface area contributed by atoms with Gasteiger partial charge < -0.3 is 5.11 Å². The van der Waals surface area contributed by atoms with Crippen LogP contribution < -0.4 is 0 Å². The lowest BCUT2D eigenvalue weighted by Gasteiger charge is -2.42. The minimum Gasteiger partial charge on any atom is -0.481 e. The van der Waals surface area contributed by atoms with Gasteiger partial charge in [-0.25, -0.2) is 4.39 Å². The molecule has 0 aliphatic carbocycles. The first-order valence-corrected chi connectivity index (χ1v) is 5.84. The second-order valence-corrected chi connectivity index (χ2v) is 4.43. The van der Waals surface area contributed by atoms with Crippen LogP contribution in [0, 0.1) is 11.7 Å². The molecule has 0 amide bonds. The zero-order chi connectivity index (χ0) is 12.4. The Morgan fingerprint density at radius 2 is 2.18 bits per heavy atom. The van der Waals surface area contributed by atoms with Crippen LogP contribution in [0.4, 0.5) is 4.39 Å². The minimum absolute atomic E-state index is 0.00759. The third-order valence-corrected chi connectivity index (χ3v) is 3.35. The van der Waals surface area contributed by atoms with E-state index < -0.39 is 5.97 Å². The van der Waals surface area contributed by atoms with E-state index in [0.29, 0.717) is 18.7 Å². The summed E-state index contributed by atoms with van der Waals surface area (Å²) in [6, 6.07) is 6.70. The van der Waals surface area contributed by atoms with Gasteiger partial charge in [0.2, 0.25) is 0 Å². The van der Waals surface area contributed by atoms with Crippen molar-refractivity contribution in [2.45, 2.75) is 19.4 Å². The summed E-state index contributed by atoms with van der Waals surface area (Å²) in [5.74, 6) is -1.27. The third-order valence-electron chi connectivity index (χ3n) is 3.35. The Morgan fingerprint density at radius 3 is 2.71 bits per heavy atom. The average molecular weight is 237 g/mol. The van der Waals surface area contributed by atoms with Crippen molar-refractivity contribution in [2.24, 2.45) is 5.92 Å². The van der Waals surface area contributed by atoms with E-state index in [1.54, 1.807) is 12.1 Å².